The molecule has 6 nitrogen and oxygen atoms in total. The van der Waals surface area contributed by atoms with E-state index in [-0.39, 0.29) is 11.7 Å². The molecule has 0 aliphatic heterocycles. The lowest BCUT2D eigenvalue weighted by atomic mass is 10.3. The minimum Gasteiger partial charge on any atom is -0.448 e. The van der Waals surface area contributed by atoms with E-state index in [1.165, 1.54) is 22.7 Å². The normalized spacial score (nSPS) is 11.0. The number of para-hydroxylation sites is 1. The summed E-state index contributed by atoms with van der Waals surface area (Å²) in [5.41, 5.74) is 0.917. The highest BCUT2D eigenvalue weighted by atomic mass is 32.1. The molecule has 0 saturated carbocycles. The number of furan rings is 1. The number of carbonyl (C=O) groups excluding carboxylic acids is 1. The van der Waals surface area contributed by atoms with Gasteiger partial charge in [0.2, 0.25) is 5.13 Å². The molecule has 0 radical (unpaired) electrons. The molecule has 1 amide bonds. The molecule has 1 N–H and O–H groups in total. The summed E-state index contributed by atoms with van der Waals surface area (Å²) in [6.45, 7) is 1.99. The van der Waals surface area contributed by atoms with Crippen molar-refractivity contribution in [3.63, 3.8) is 0 Å². The van der Waals surface area contributed by atoms with Crippen LogP contribution in [0.4, 0.5) is 5.13 Å². The second-order valence-electron chi connectivity index (χ2n) is 4.96. The summed E-state index contributed by atoms with van der Waals surface area (Å²) in [6.07, 6.45) is 0.788. The molecule has 0 aliphatic carbocycles. The smallest absolute Gasteiger partial charge is 0.293 e. The van der Waals surface area contributed by atoms with Gasteiger partial charge in [-0.3, -0.25) is 10.1 Å². The second kappa shape index (κ2) is 6.14. The predicted molar refractivity (Wildman–Crippen MR) is 94.6 cm³/mol. The van der Waals surface area contributed by atoms with Gasteiger partial charge >= 0.3 is 0 Å². The number of nitrogens with zero attached hydrogens (tertiary/aromatic N) is 3. The lowest BCUT2D eigenvalue weighted by Gasteiger charge is -1.96. The lowest BCUT2D eigenvalue weighted by molar-refractivity contribution is 0.0997. The third-order valence-corrected chi connectivity index (χ3v) is 5.36. The molecule has 0 aliphatic rings. The van der Waals surface area contributed by atoms with E-state index in [4.69, 9.17) is 4.42 Å². The maximum Gasteiger partial charge on any atom is 0.293 e. The predicted octanol–water partition coefficient (Wildman–Crippen LogP) is 4.22. The number of rotatable bonds is 4. The number of fused-ring (bicyclic) bond motifs is 1. The Morgan fingerprint density at radius 2 is 2.04 bits per heavy atom. The Hall–Kier alpha value is -2.58. The van der Waals surface area contributed by atoms with Crippen LogP contribution in [0.1, 0.15) is 22.5 Å². The van der Waals surface area contributed by atoms with Crippen molar-refractivity contribution in [2.75, 3.05) is 5.32 Å². The molecule has 3 aromatic heterocycles. The fourth-order valence-electron chi connectivity index (χ4n) is 2.16. The van der Waals surface area contributed by atoms with E-state index in [9.17, 15) is 4.79 Å². The van der Waals surface area contributed by atoms with Crippen molar-refractivity contribution < 1.29 is 9.21 Å². The average Bonchev–Trinajstić information content (AvgIpc) is 3.32. The van der Waals surface area contributed by atoms with Crippen molar-refractivity contribution in [3.05, 3.63) is 47.2 Å². The Morgan fingerprint density at radius 1 is 1.17 bits per heavy atom. The van der Waals surface area contributed by atoms with Crippen molar-refractivity contribution >= 4 is 43.9 Å². The first-order valence-corrected chi connectivity index (χ1v) is 8.95. The first-order chi connectivity index (χ1) is 11.7. The molecule has 120 valence electrons. The standard InChI is InChI=1S/C16H12N4O2S2/c1-2-13-19-20-16(24-13)18-14(21)10-7-8-11(22-10)15-17-9-5-3-4-6-12(9)23-15/h3-8H,2H2,1H3,(H,18,20,21). The summed E-state index contributed by atoms with van der Waals surface area (Å²) in [7, 11) is 0. The van der Waals surface area contributed by atoms with Crippen molar-refractivity contribution in [3.8, 4) is 10.8 Å². The van der Waals surface area contributed by atoms with Gasteiger partial charge in [0.25, 0.3) is 5.91 Å². The van der Waals surface area contributed by atoms with Crippen molar-refractivity contribution in [2.24, 2.45) is 0 Å². The molecule has 0 unspecified atom stereocenters. The SMILES string of the molecule is CCc1nnc(NC(=O)c2ccc(-c3nc4ccccc4s3)o2)s1. The van der Waals surface area contributed by atoms with Crippen LogP contribution in [0, 0.1) is 0 Å². The number of carbonyl (C=O) groups is 1. The lowest BCUT2D eigenvalue weighted by Crippen LogP contribution is -2.10. The van der Waals surface area contributed by atoms with Gasteiger partial charge in [-0.25, -0.2) is 4.98 Å². The van der Waals surface area contributed by atoms with E-state index in [0.29, 0.717) is 10.9 Å². The molecule has 0 saturated heterocycles. The van der Waals surface area contributed by atoms with E-state index in [0.717, 1.165) is 26.7 Å². The van der Waals surface area contributed by atoms with Gasteiger partial charge in [0.15, 0.2) is 16.5 Å². The minimum absolute atomic E-state index is 0.220. The summed E-state index contributed by atoms with van der Waals surface area (Å²) in [6, 6.07) is 11.3. The highest BCUT2D eigenvalue weighted by Gasteiger charge is 2.16. The molecule has 3 heterocycles. The van der Waals surface area contributed by atoms with Gasteiger partial charge in [-0.2, -0.15) is 0 Å². The fourth-order valence-corrected chi connectivity index (χ4v) is 3.76. The highest BCUT2D eigenvalue weighted by molar-refractivity contribution is 7.21. The number of hydrogen-bond donors (Lipinski definition) is 1. The zero-order valence-corrected chi connectivity index (χ0v) is 14.3. The Labute approximate surface area is 145 Å². The third-order valence-electron chi connectivity index (χ3n) is 3.32. The molecule has 0 atom stereocenters. The first-order valence-electron chi connectivity index (χ1n) is 7.32. The van der Waals surface area contributed by atoms with Crippen LogP contribution in [0.15, 0.2) is 40.8 Å². The molecule has 24 heavy (non-hydrogen) atoms. The molecule has 0 bridgehead atoms. The van der Waals surface area contributed by atoms with Crippen LogP contribution in [0.3, 0.4) is 0 Å². The quantitative estimate of drug-likeness (QED) is 0.592. The number of amides is 1. The van der Waals surface area contributed by atoms with Crippen LogP contribution in [-0.2, 0) is 6.42 Å². The molecule has 4 aromatic rings. The topological polar surface area (TPSA) is 80.9 Å². The Bertz CT molecular complexity index is 985. The summed E-state index contributed by atoms with van der Waals surface area (Å²) in [5, 5.41) is 12.7. The van der Waals surface area contributed by atoms with Crippen LogP contribution >= 0.6 is 22.7 Å². The number of anilines is 1. The van der Waals surface area contributed by atoms with E-state index in [1.54, 1.807) is 12.1 Å². The zero-order valence-electron chi connectivity index (χ0n) is 12.6. The minimum atomic E-state index is -0.346. The van der Waals surface area contributed by atoms with Crippen LogP contribution in [0.5, 0.6) is 0 Å². The van der Waals surface area contributed by atoms with Gasteiger partial charge in [0.05, 0.1) is 10.2 Å². The third kappa shape index (κ3) is 2.81. The molecule has 8 heteroatoms. The largest absolute Gasteiger partial charge is 0.448 e. The zero-order chi connectivity index (χ0) is 16.5. The second-order valence-corrected chi connectivity index (χ2v) is 7.05. The summed E-state index contributed by atoms with van der Waals surface area (Å²) < 4.78 is 6.74. The Kier molecular flexibility index (Phi) is 3.83. The summed E-state index contributed by atoms with van der Waals surface area (Å²) in [5.74, 6) is 0.450. The summed E-state index contributed by atoms with van der Waals surface area (Å²) >= 11 is 2.88. The van der Waals surface area contributed by atoms with Crippen LogP contribution in [-0.4, -0.2) is 21.1 Å². The fraction of sp³-hybridized carbons (Fsp3) is 0.125. The number of aromatic nitrogens is 3. The first kappa shape index (κ1) is 15.0. The maximum absolute atomic E-state index is 12.2. The van der Waals surface area contributed by atoms with Gasteiger partial charge in [0, 0.05) is 0 Å². The molecule has 1 aromatic carbocycles. The number of benzene rings is 1. The average molecular weight is 356 g/mol. The Balaban J connectivity index is 1.56. The van der Waals surface area contributed by atoms with Crippen LogP contribution in [0.2, 0.25) is 0 Å². The number of aryl methyl sites for hydroxylation is 1. The van der Waals surface area contributed by atoms with Crippen molar-refractivity contribution in [1.82, 2.24) is 15.2 Å². The van der Waals surface area contributed by atoms with E-state index in [1.807, 2.05) is 31.2 Å². The molecule has 4 rings (SSSR count). The van der Waals surface area contributed by atoms with Crippen molar-refractivity contribution in [2.45, 2.75) is 13.3 Å². The number of thiazole rings is 1. The van der Waals surface area contributed by atoms with E-state index >= 15 is 0 Å². The molecule has 0 spiro atoms. The number of nitrogens with one attached hydrogen (secondary N) is 1. The van der Waals surface area contributed by atoms with Crippen LogP contribution < -0.4 is 5.32 Å². The van der Waals surface area contributed by atoms with Gasteiger partial charge in [-0.15, -0.1) is 21.5 Å². The highest BCUT2D eigenvalue weighted by Crippen LogP contribution is 2.31. The Morgan fingerprint density at radius 3 is 2.83 bits per heavy atom. The van der Waals surface area contributed by atoms with Gasteiger partial charge < -0.3 is 4.42 Å². The van der Waals surface area contributed by atoms with Gasteiger partial charge in [-0.1, -0.05) is 30.4 Å². The molecule has 0 fully saturated rings. The molecular formula is C16H12N4O2S2. The van der Waals surface area contributed by atoms with E-state index in [2.05, 4.69) is 20.5 Å². The van der Waals surface area contributed by atoms with Gasteiger partial charge in [-0.05, 0) is 30.7 Å². The maximum atomic E-state index is 12.2. The summed E-state index contributed by atoms with van der Waals surface area (Å²) in [4.78, 5) is 16.8. The van der Waals surface area contributed by atoms with E-state index < -0.39 is 0 Å². The number of hydrogen-bond acceptors (Lipinski definition) is 7. The van der Waals surface area contributed by atoms with Gasteiger partial charge in [0.1, 0.15) is 5.01 Å². The van der Waals surface area contributed by atoms with Crippen molar-refractivity contribution in [1.29, 1.82) is 0 Å². The van der Waals surface area contributed by atoms with Crippen LogP contribution in [0.25, 0.3) is 21.0 Å². The molecular weight excluding hydrogens is 344 g/mol. The monoisotopic (exact) mass is 356 g/mol.